The Morgan fingerprint density at radius 2 is 1.97 bits per heavy atom. The first-order valence-electron chi connectivity index (χ1n) is 11.8. The number of amides is 1. The highest BCUT2D eigenvalue weighted by atomic mass is 35.5. The van der Waals surface area contributed by atoms with Crippen LogP contribution in [0.3, 0.4) is 0 Å². The summed E-state index contributed by atoms with van der Waals surface area (Å²) in [6.45, 7) is 0. The Kier molecular flexibility index (Phi) is 6.70. The maximum Gasteiger partial charge on any atom is 0.224 e. The Hall–Kier alpha value is -4.15. The van der Waals surface area contributed by atoms with Gasteiger partial charge in [0.2, 0.25) is 5.91 Å². The van der Waals surface area contributed by atoms with E-state index < -0.39 is 6.04 Å². The van der Waals surface area contributed by atoms with Crippen LogP contribution in [-0.2, 0) is 24.1 Å². The summed E-state index contributed by atoms with van der Waals surface area (Å²) in [5.74, 6) is 0.945. The highest BCUT2D eigenvalue weighted by Crippen LogP contribution is 2.31. The smallest absolute Gasteiger partial charge is 0.224 e. The van der Waals surface area contributed by atoms with Gasteiger partial charge in [-0.1, -0.05) is 54.1 Å². The molecule has 0 fully saturated rings. The van der Waals surface area contributed by atoms with Crippen molar-refractivity contribution in [1.29, 1.82) is 5.26 Å². The summed E-state index contributed by atoms with van der Waals surface area (Å²) in [5, 5.41) is 12.7. The van der Waals surface area contributed by atoms with E-state index in [9.17, 15) is 4.79 Å². The van der Waals surface area contributed by atoms with Gasteiger partial charge in [0.15, 0.2) is 0 Å². The maximum atomic E-state index is 13.4. The van der Waals surface area contributed by atoms with Crippen LogP contribution in [0.5, 0.6) is 0 Å². The summed E-state index contributed by atoms with van der Waals surface area (Å²) in [6, 6.07) is 20.7. The fourth-order valence-electron chi connectivity index (χ4n) is 4.72. The molecule has 2 aromatic heterocycles. The fraction of sp³-hybridized carbons (Fsp3) is 0.214. The lowest BCUT2D eigenvalue weighted by Crippen LogP contribution is -2.38. The van der Waals surface area contributed by atoms with Crippen LogP contribution in [0.4, 0.5) is 5.82 Å². The molecule has 0 radical (unpaired) electrons. The van der Waals surface area contributed by atoms with E-state index in [1.54, 1.807) is 18.3 Å². The van der Waals surface area contributed by atoms with Crippen molar-refractivity contribution in [2.24, 2.45) is 5.92 Å². The van der Waals surface area contributed by atoms with E-state index in [0.717, 1.165) is 28.7 Å². The molecule has 0 saturated carbocycles. The number of aromatic amines is 1. The first-order valence-corrected chi connectivity index (χ1v) is 12.2. The van der Waals surface area contributed by atoms with Gasteiger partial charge in [-0.3, -0.25) is 4.79 Å². The monoisotopic (exact) mass is 496 g/mol. The van der Waals surface area contributed by atoms with Gasteiger partial charge < -0.3 is 16.0 Å². The molecule has 0 bridgehead atoms. The molecule has 7 nitrogen and oxygen atoms in total. The Labute approximate surface area is 214 Å². The lowest BCUT2D eigenvalue weighted by atomic mass is 9.83. The van der Waals surface area contributed by atoms with Gasteiger partial charge in [0.1, 0.15) is 22.5 Å². The van der Waals surface area contributed by atoms with Gasteiger partial charge in [-0.05, 0) is 60.6 Å². The number of fused-ring (bicyclic) bond motifs is 1. The SMILES string of the molecule is N#Cc1ccc(-c2nc([C@H](Cc3ccccc3)NC(=O)C3CCc4c(ccnc4N)C3)[nH]c2Cl)cc1. The van der Waals surface area contributed by atoms with Gasteiger partial charge in [-0.25, -0.2) is 9.97 Å². The summed E-state index contributed by atoms with van der Waals surface area (Å²) in [7, 11) is 0. The first kappa shape index (κ1) is 23.6. The number of rotatable bonds is 6. The number of carbonyl (C=O) groups excluding carboxylic acids is 1. The van der Waals surface area contributed by atoms with E-state index in [1.165, 1.54) is 0 Å². The number of H-pyrrole nitrogens is 1. The second-order valence-corrected chi connectivity index (χ2v) is 9.38. The second kappa shape index (κ2) is 10.2. The summed E-state index contributed by atoms with van der Waals surface area (Å²) < 4.78 is 0. The molecule has 180 valence electrons. The molecular formula is C28H25ClN6O. The van der Waals surface area contributed by atoms with Crippen molar-refractivity contribution in [2.45, 2.75) is 31.7 Å². The van der Waals surface area contributed by atoms with Crippen molar-refractivity contribution in [1.82, 2.24) is 20.3 Å². The lowest BCUT2D eigenvalue weighted by Gasteiger charge is -2.26. The number of nitrogens with zero attached hydrogens (tertiary/aromatic N) is 3. The van der Waals surface area contributed by atoms with Gasteiger partial charge in [0.05, 0.1) is 17.7 Å². The molecule has 4 aromatic rings. The standard InChI is InChI=1S/C28H25ClN6O/c29-25-24(19-8-6-18(16-30)7-9-19)34-27(35-25)23(14-17-4-2-1-3-5-17)33-28(36)21-10-11-22-20(15-21)12-13-32-26(22)31/h1-9,12-13,21,23H,10-11,14-15H2,(H2,31,32)(H,33,36)(H,34,35)/t21?,23-/m0/s1. The molecule has 4 N–H and O–H groups in total. The second-order valence-electron chi connectivity index (χ2n) is 9.00. The van der Waals surface area contributed by atoms with E-state index in [-0.39, 0.29) is 11.8 Å². The van der Waals surface area contributed by atoms with Gasteiger partial charge in [0, 0.05) is 17.7 Å². The number of carbonyl (C=O) groups is 1. The van der Waals surface area contributed by atoms with Gasteiger partial charge >= 0.3 is 0 Å². The number of imidazole rings is 1. The molecule has 2 aromatic carbocycles. The molecule has 2 atom stereocenters. The third-order valence-corrected chi connectivity index (χ3v) is 6.93. The third-order valence-electron chi connectivity index (χ3n) is 6.66. The molecule has 0 aliphatic heterocycles. The molecule has 0 saturated heterocycles. The minimum atomic E-state index is -0.395. The molecule has 8 heteroatoms. The van der Waals surface area contributed by atoms with Crippen molar-refractivity contribution in [2.75, 3.05) is 5.73 Å². The third kappa shape index (κ3) is 4.95. The number of benzene rings is 2. The zero-order valence-electron chi connectivity index (χ0n) is 19.5. The van der Waals surface area contributed by atoms with Crippen molar-refractivity contribution in [3.8, 4) is 17.3 Å². The molecular weight excluding hydrogens is 472 g/mol. The van der Waals surface area contributed by atoms with Crippen LogP contribution < -0.4 is 11.1 Å². The molecule has 2 heterocycles. The zero-order chi connectivity index (χ0) is 25.1. The van der Waals surface area contributed by atoms with E-state index in [0.29, 0.717) is 47.3 Å². The fourth-order valence-corrected chi connectivity index (χ4v) is 4.97. The number of hydrogen-bond donors (Lipinski definition) is 3. The molecule has 36 heavy (non-hydrogen) atoms. The van der Waals surface area contributed by atoms with Crippen molar-refractivity contribution in [3.05, 3.63) is 100 Å². The summed E-state index contributed by atoms with van der Waals surface area (Å²) >= 11 is 6.54. The van der Waals surface area contributed by atoms with Crippen LogP contribution in [0.15, 0.2) is 66.9 Å². The Morgan fingerprint density at radius 3 is 2.72 bits per heavy atom. The molecule has 1 unspecified atom stereocenters. The van der Waals surface area contributed by atoms with Crippen LogP contribution >= 0.6 is 11.6 Å². The summed E-state index contributed by atoms with van der Waals surface area (Å²) in [4.78, 5) is 25.6. The number of aromatic nitrogens is 3. The molecule has 5 rings (SSSR count). The van der Waals surface area contributed by atoms with Gasteiger partial charge in [-0.2, -0.15) is 5.26 Å². The lowest BCUT2D eigenvalue weighted by molar-refractivity contribution is -0.126. The minimum Gasteiger partial charge on any atom is -0.383 e. The molecule has 1 aliphatic rings. The number of nitrogens with two attached hydrogens (primary N) is 1. The normalized spacial score (nSPS) is 15.5. The number of anilines is 1. The van der Waals surface area contributed by atoms with E-state index in [2.05, 4.69) is 21.4 Å². The largest absolute Gasteiger partial charge is 0.383 e. The molecule has 1 aliphatic carbocycles. The van der Waals surface area contributed by atoms with E-state index in [4.69, 9.17) is 27.6 Å². The number of nitrogens with one attached hydrogen (secondary N) is 2. The van der Waals surface area contributed by atoms with Crippen LogP contribution in [0.2, 0.25) is 5.15 Å². The average Bonchev–Trinajstić information content (AvgIpc) is 3.30. The number of halogens is 1. The van der Waals surface area contributed by atoms with Gasteiger partial charge in [0.25, 0.3) is 0 Å². The number of nitrogen functional groups attached to an aromatic ring is 1. The topological polar surface area (TPSA) is 120 Å². The minimum absolute atomic E-state index is 0.0237. The Bertz CT molecular complexity index is 1420. The number of hydrogen-bond acceptors (Lipinski definition) is 5. The van der Waals surface area contributed by atoms with Crippen LogP contribution in [0, 0.1) is 17.2 Å². The average molecular weight is 497 g/mol. The highest BCUT2D eigenvalue weighted by molar-refractivity contribution is 6.31. The predicted octanol–water partition coefficient (Wildman–Crippen LogP) is 4.78. The molecule has 0 spiro atoms. The number of pyridine rings is 1. The molecule has 1 amide bonds. The van der Waals surface area contributed by atoms with Crippen LogP contribution in [0.1, 0.15) is 40.5 Å². The van der Waals surface area contributed by atoms with Gasteiger partial charge in [-0.15, -0.1) is 0 Å². The van der Waals surface area contributed by atoms with E-state index in [1.807, 2.05) is 48.5 Å². The Morgan fingerprint density at radius 1 is 1.19 bits per heavy atom. The summed E-state index contributed by atoms with van der Waals surface area (Å²) in [6.07, 6.45) is 4.32. The zero-order valence-corrected chi connectivity index (χ0v) is 20.3. The van der Waals surface area contributed by atoms with Crippen molar-refractivity contribution in [3.63, 3.8) is 0 Å². The Balaban J connectivity index is 1.41. The summed E-state index contributed by atoms with van der Waals surface area (Å²) in [5.41, 5.74) is 11.2. The van der Waals surface area contributed by atoms with Crippen molar-refractivity contribution < 1.29 is 4.79 Å². The highest BCUT2D eigenvalue weighted by Gasteiger charge is 2.29. The quantitative estimate of drug-likeness (QED) is 0.354. The number of nitriles is 1. The maximum absolute atomic E-state index is 13.4. The van der Waals surface area contributed by atoms with Crippen LogP contribution in [0.25, 0.3) is 11.3 Å². The van der Waals surface area contributed by atoms with E-state index >= 15 is 0 Å². The predicted molar refractivity (Wildman–Crippen MR) is 139 cm³/mol. The van der Waals surface area contributed by atoms with Crippen LogP contribution in [-0.4, -0.2) is 20.9 Å². The van der Waals surface area contributed by atoms with Crippen molar-refractivity contribution >= 4 is 23.3 Å². The first-order chi connectivity index (χ1) is 17.5.